The summed E-state index contributed by atoms with van der Waals surface area (Å²) in [5.41, 5.74) is 9.19. The average Bonchev–Trinajstić information content (AvgIpc) is 3.47. The Kier molecular flexibility index (Phi) is 9.21. The van der Waals surface area contributed by atoms with E-state index in [-0.39, 0.29) is 17.7 Å². The summed E-state index contributed by atoms with van der Waals surface area (Å²) in [6, 6.07) is 9.10. The number of carbonyl (C=O) groups is 2. The number of nitrogens with one attached hydrogen (secondary N) is 1. The molecule has 0 saturated carbocycles. The summed E-state index contributed by atoms with van der Waals surface area (Å²) >= 11 is 0. The predicted octanol–water partition coefficient (Wildman–Crippen LogP) is 1.77. The number of hydrogen-bond donors (Lipinski definition) is 3. The summed E-state index contributed by atoms with van der Waals surface area (Å²) in [6.07, 6.45) is 3.31. The Morgan fingerprint density at radius 2 is 1.90 bits per heavy atom. The summed E-state index contributed by atoms with van der Waals surface area (Å²) in [7, 11) is 1.00. The molecule has 170 valence electrons. The number of aliphatic hydroxyl groups excluding tert-OH is 1. The molecule has 2 amide bonds. The Hall–Kier alpha value is -2.71. The van der Waals surface area contributed by atoms with Crippen molar-refractivity contribution in [2.45, 2.75) is 58.8 Å². The fourth-order valence-corrected chi connectivity index (χ4v) is 3.71. The number of benzene rings is 1. The fraction of sp³-hybridized carbons (Fsp3) is 0.522. The molecule has 0 bridgehead atoms. The smallest absolute Gasteiger partial charge is 0.243 e. The standard InChI is InChI=1S/C22H31N5O2.CH4O/c1-4-27-18(11-12-25-27)17-9-7-16(8-10-17)14-24-21(28)19-6-5-13-26(19)22(29)20(23)15(2)3;1-2/h7-12,15,19-20H,4-6,13-14,23H2,1-3H3,(H,24,28);2H,1H3. The monoisotopic (exact) mass is 429 g/mol. The number of likely N-dealkylation sites (tertiary alicyclic amines) is 1. The van der Waals surface area contributed by atoms with Gasteiger partial charge in [-0.15, -0.1) is 0 Å². The predicted molar refractivity (Wildman–Crippen MR) is 121 cm³/mol. The van der Waals surface area contributed by atoms with Gasteiger partial charge in [0.1, 0.15) is 6.04 Å². The van der Waals surface area contributed by atoms with Crippen LogP contribution in [0.5, 0.6) is 0 Å². The Bertz CT molecular complexity index is 847. The van der Waals surface area contributed by atoms with E-state index >= 15 is 0 Å². The number of amides is 2. The number of carbonyl (C=O) groups excluding carboxylic acids is 2. The highest BCUT2D eigenvalue weighted by molar-refractivity contribution is 5.90. The van der Waals surface area contributed by atoms with Crippen LogP contribution >= 0.6 is 0 Å². The molecule has 1 saturated heterocycles. The number of rotatable bonds is 7. The molecule has 2 aromatic rings. The molecule has 1 aromatic carbocycles. The van der Waals surface area contributed by atoms with Gasteiger partial charge in [-0.1, -0.05) is 38.1 Å². The number of aliphatic hydroxyl groups is 1. The first-order chi connectivity index (χ1) is 14.9. The van der Waals surface area contributed by atoms with Gasteiger partial charge in [-0.05, 0) is 42.9 Å². The third-order valence-corrected chi connectivity index (χ3v) is 5.57. The van der Waals surface area contributed by atoms with Gasteiger partial charge in [0.05, 0.1) is 11.7 Å². The molecule has 1 fully saturated rings. The van der Waals surface area contributed by atoms with E-state index in [1.165, 1.54) is 0 Å². The minimum Gasteiger partial charge on any atom is -0.400 e. The van der Waals surface area contributed by atoms with Crippen LogP contribution in [0.4, 0.5) is 0 Å². The largest absolute Gasteiger partial charge is 0.400 e. The van der Waals surface area contributed by atoms with Gasteiger partial charge < -0.3 is 21.1 Å². The first kappa shape index (κ1) is 24.6. The molecule has 2 atom stereocenters. The van der Waals surface area contributed by atoms with Crippen molar-refractivity contribution in [3.8, 4) is 11.3 Å². The molecule has 3 rings (SSSR count). The molecular formula is C23H35N5O3. The molecular weight excluding hydrogens is 394 g/mol. The summed E-state index contributed by atoms with van der Waals surface area (Å²) in [6.45, 7) is 7.75. The highest BCUT2D eigenvalue weighted by atomic mass is 16.2. The minimum absolute atomic E-state index is 0.0503. The number of nitrogens with two attached hydrogens (primary N) is 1. The fourth-order valence-electron chi connectivity index (χ4n) is 3.71. The third-order valence-electron chi connectivity index (χ3n) is 5.57. The summed E-state index contributed by atoms with van der Waals surface area (Å²) in [4.78, 5) is 26.9. The van der Waals surface area contributed by atoms with Crippen molar-refractivity contribution >= 4 is 11.8 Å². The lowest BCUT2D eigenvalue weighted by atomic mass is 10.0. The van der Waals surface area contributed by atoms with Crippen molar-refractivity contribution in [1.29, 1.82) is 0 Å². The maximum absolute atomic E-state index is 12.7. The van der Waals surface area contributed by atoms with Gasteiger partial charge in [0.2, 0.25) is 11.8 Å². The molecule has 1 aromatic heterocycles. The molecule has 0 spiro atoms. The Labute approximate surface area is 184 Å². The van der Waals surface area contributed by atoms with Gasteiger partial charge >= 0.3 is 0 Å². The highest BCUT2D eigenvalue weighted by Gasteiger charge is 2.36. The molecule has 0 radical (unpaired) electrons. The number of hydrogen-bond acceptors (Lipinski definition) is 5. The molecule has 8 nitrogen and oxygen atoms in total. The maximum Gasteiger partial charge on any atom is 0.243 e. The van der Waals surface area contributed by atoms with Gasteiger partial charge in [0, 0.05) is 32.9 Å². The summed E-state index contributed by atoms with van der Waals surface area (Å²) in [5, 5.41) is 14.3. The topological polar surface area (TPSA) is 113 Å². The van der Waals surface area contributed by atoms with Crippen LogP contribution in [0.3, 0.4) is 0 Å². The normalized spacial score (nSPS) is 16.6. The lowest BCUT2D eigenvalue weighted by Crippen LogP contribution is -2.52. The quantitative estimate of drug-likeness (QED) is 0.621. The van der Waals surface area contributed by atoms with E-state index in [4.69, 9.17) is 10.8 Å². The lowest BCUT2D eigenvalue weighted by molar-refractivity contribution is -0.140. The van der Waals surface area contributed by atoms with E-state index in [1.54, 1.807) is 11.1 Å². The Balaban J connectivity index is 0.00000166. The molecule has 2 heterocycles. The van der Waals surface area contributed by atoms with E-state index in [1.807, 2.05) is 48.9 Å². The Morgan fingerprint density at radius 1 is 1.23 bits per heavy atom. The molecule has 31 heavy (non-hydrogen) atoms. The van der Waals surface area contributed by atoms with Gasteiger partial charge in [0.15, 0.2) is 0 Å². The van der Waals surface area contributed by atoms with Crippen molar-refractivity contribution < 1.29 is 14.7 Å². The Morgan fingerprint density at radius 3 is 2.52 bits per heavy atom. The second-order valence-electron chi connectivity index (χ2n) is 7.91. The number of aryl methyl sites for hydroxylation is 1. The molecule has 1 aliphatic heterocycles. The van der Waals surface area contributed by atoms with Crippen molar-refractivity contribution in [3.63, 3.8) is 0 Å². The maximum atomic E-state index is 12.7. The van der Waals surface area contributed by atoms with Crippen LogP contribution in [0.15, 0.2) is 36.5 Å². The van der Waals surface area contributed by atoms with Gasteiger partial charge in [-0.3, -0.25) is 14.3 Å². The second-order valence-corrected chi connectivity index (χ2v) is 7.91. The van der Waals surface area contributed by atoms with Crippen LogP contribution in [-0.2, 0) is 22.7 Å². The van der Waals surface area contributed by atoms with Gasteiger partial charge in [0.25, 0.3) is 0 Å². The van der Waals surface area contributed by atoms with Crippen molar-refractivity contribution in [2.75, 3.05) is 13.7 Å². The number of nitrogens with zero attached hydrogens (tertiary/aromatic N) is 3. The van der Waals surface area contributed by atoms with Gasteiger partial charge in [-0.2, -0.15) is 5.10 Å². The third kappa shape index (κ3) is 5.92. The van der Waals surface area contributed by atoms with E-state index in [0.29, 0.717) is 19.5 Å². The molecule has 1 aliphatic rings. The summed E-state index contributed by atoms with van der Waals surface area (Å²) < 4.78 is 1.95. The first-order valence-electron chi connectivity index (χ1n) is 10.8. The highest BCUT2D eigenvalue weighted by Crippen LogP contribution is 2.21. The van der Waals surface area contributed by atoms with E-state index < -0.39 is 12.1 Å². The SMILES string of the molecule is CCn1nccc1-c1ccc(CNC(=O)C2CCCN2C(=O)C(N)C(C)C)cc1.CO. The van der Waals surface area contributed by atoms with Crippen molar-refractivity contribution in [3.05, 3.63) is 42.1 Å². The van der Waals surface area contributed by atoms with Gasteiger partial charge in [-0.25, -0.2) is 0 Å². The van der Waals surface area contributed by atoms with Crippen LogP contribution in [-0.4, -0.2) is 57.3 Å². The average molecular weight is 430 g/mol. The zero-order valence-electron chi connectivity index (χ0n) is 18.9. The summed E-state index contributed by atoms with van der Waals surface area (Å²) in [5.74, 6) is -0.191. The van der Waals surface area contributed by atoms with Crippen LogP contribution in [0, 0.1) is 5.92 Å². The number of aromatic nitrogens is 2. The van der Waals surface area contributed by atoms with E-state index in [9.17, 15) is 9.59 Å². The van der Waals surface area contributed by atoms with E-state index in [2.05, 4.69) is 17.3 Å². The zero-order valence-corrected chi connectivity index (χ0v) is 18.9. The van der Waals surface area contributed by atoms with Crippen LogP contribution in [0.1, 0.15) is 39.2 Å². The minimum atomic E-state index is -0.562. The molecule has 4 N–H and O–H groups in total. The van der Waals surface area contributed by atoms with E-state index in [0.717, 1.165) is 36.9 Å². The van der Waals surface area contributed by atoms with Crippen LogP contribution in [0.2, 0.25) is 0 Å². The molecule has 2 unspecified atom stereocenters. The lowest BCUT2D eigenvalue weighted by Gasteiger charge is -2.28. The second kappa shape index (κ2) is 11.6. The molecule has 0 aliphatic carbocycles. The van der Waals surface area contributed by atoms with Crippen LogP contribution in [0.25, 0.3) is 11.3 Å². The van der Waals surface area contributed by atoms with Crippen molar-refractivity contribution in [2.24, 2.45) is 11.7 Å². The zero-order chi connectivity index (χ0) is 23.0. The van der Waals surface area contributed by atoms with Crippen LogP contribution < -0.4 is 11.1 Å². The van der Waals surface area contributed by atoms with Crippen molar-refractivity contribution in [1.82, 2.24) is 20.0 Å². The first-order valence-corrected chi connectivity index (χ1v) is 10.8. The molecule has 8 heteroatoms.